The van der Waals surface area contributed by atoms with Gasteiger partial charge >= 0.3 is 12.4 Å². The van der Waals surface area contributed by atoms with Crippen molar-refractivity contribution in [1.29, 1.82) is 0 Å². The van der Waals surface area contributed by atoms with Gasteiger partial charge in [-0.1, -0.05) is 12.1 Å². The summed E-state index contributed by atoms with van der Waals surface area (Å²) in [7, 11) is 1.13. The lowest BCUT2D eigenvalue weighted by Crippen LogP contribution is -2.29. The van der Waals surface area contributed by atoms with Crippen LogP contribution in [-0.4, -0.2) is 22.1 Å². The Morgan fingerprint density at radius 1 is 0.943 bits per heavy atom. The van der Waals surface area contributed by atoms with E-state index in [9.17, 15) is 45.4 Å². The van der Waals surface area contributed by atoms with Crippen LogP contribution in [0.25, 0.3) is 11.3 Å². The molecule has 1 aromatic heterocycles. The van der Waals surface area contributed by atoms with Crippen molar-refractivity contribution in [2.45, 2.75) is 18.8 Å². The van der Waals surface area contributed by atoms with E-state index in [4.69, 9.17) is 0 Å². The van der Waals surface area contributed by atoms with Gasteiger partial charge in [-0.05, 0) is 48.4 Å². The number of halogens is 7. The van der Waals surface area contributed by atoms with Crippen LogP contribution in [0.4, 0.5) is 30.7 Å². The summed E-state index contributed by atoms with van der Waals surface area (Å²) in [4.78, 5) is 24.9. The molecule has 2 N–H and O–H groups in total. The average molecular weight is 502 g/mol. The Hall–Kier alpha value is -3.83. The highest BCUT2D eigenvalue weighted by Gasteiger charge is 2.32. The monoisotopic (exact) mass is 502 g/mol. The Kier molecular flexibility index (Phi) is 6.95. The molecule has 1 heterocycles. The standard InChI is InChI=1S/C23H17F7N2O3/c1-32-18(13-8-15(23(28,29)30)10-16(24)9-13)11-17(19(33)21(32)35)20(34)31-7-6-12-2-4-14(5-3-12)22(25,26)27/h2-5,8-11,33H,6-7H2,1H3,(H,31,34). The van der Waals surface area contributed by atoms with E-state index in [1.807, 2.05) is 0 Å². The SMILES string of the molecule is Cn1c(-c2cc(F)cc(C(F)(F)F)c2)cc(C(=O)NCCc2ccc(C(F)(F)F)cc2)c(O)c1=O. The first kappa shape index (κ1) is 25.8. The smallest absolute Gasteiger partial charge is 0.416 e. The van der Waals surface area contributed by atoms with Gasteiger partial charge in [-0.3, -0.25) is 9.59 Å². The van der Waals surface area contributed by atoms with Crippen molar-refractivity contribution in [1.82, 2.24) is 9.88 Å². The summed E-state index contributed by atoms with van der Waals surface area (Å²) in [5.74, 6) is -3.16. The zero-order valence-electron chi connectivity index (χ0n) is 17.9. The molecule has 0 radical (unpaired) electrons. The number of pyridine rings is 1. The summed E-state index contributed by atoms with van der Waals surface area (Å²) in [6, 6.07) is 6.77. The number of aromatic hydroxyl groups is 1. The predicted molar refractivity (Wildman–Crippen MR) is 111 cm³/mol. The van der Waals surface area contributed by atoms with Crippen molar-refractivity contribution >= 4 is 5.91 Å². The van der Waals surface area contributed by atoms with Crippen molar-refractivity contribution in [3.8, 4) is 17.0 Å². The summed E-state index contributed by atoms with van der Waals surface area (Å²) in [5.41, 5.74) is -3.96. The van der Waals surface area contributed by atoms with E-state index in [1.165, 1.54) is 12.1 Å². The number of carbonyl (C=O) groups is 1. The van der Waals surface area contributed by atoms with Gasteiger partial charge in [0, 0.05) is 19.2 Å². The molecule has 2 aromatic carbocycles. The summed E-state index contributed by atoms with van der Waals surface area (Å²) in [6.07, 6.45) is -9.25. The molecule has 3 aromatic rings. The van der Waals surface area contributed by atoms with Gasteiger partial charge in [0.1, 0.15) is 5.82 Å². The van der Waals surface area contributed by atoms with Gasteiger partial charge in [0.2, 0.25) is 0 Å². The quantitative estimate of drug-likeness (QED) is 0.488. The lowest BCUT2D eigenvalue weighted by molar-refractivity contribution is -0.138. The topological polar surface area (TPSA) is 71.3 Å². The van der Waals surface area contributed by atoms with E-state index in [1.54, 1.807) is 0 Å². The summed E-state index contributed by atoms with van der Waals surface area (Å²) >= 11 is 0. The maximum atomic E-state index is 13.9. The first-order valence-corrected chi connectivity index (χ1v) is 9.94. The second kappa shape index (κ2) is 9.43. The largest absolute Gasteiger partial charge is 0.502 e. The van der Waals surface area contributed by atoms with Crippen LogP contribution in [-0.2, 0) is 25.8 Å². The third-order valence-corrected chi connectivity index (χ3v) is 5.15. The van der Waals surface area contributed by atoms with Crippen molar-refractivity contribution in [3.05, 3.63) is 87.0 Å². The number of rotatable bonds is 5. The molecule has 0 fully saturated rings. The fraction of sp³-hybridized carbons (Fsp3) is 0.217. The van der Waals surface area contributed by atoms with E-state index in [2.05, 4.69) is 5.32 Å². The van der Waals surface area contributed by atoms with Gasteiger partial charge in [0.15, 0.2) is 5.75 Å². The number of benzene rings is 2. The maximum absolute atomic E-state index is 13.9. The van der Waals surface area contributed by atoms with E-state index >= 15 is 0 Å². The zero-order chi connectivity index (χ0) is 26.1. The first-order chi connectivity index (χ1) is 16.2. The molecule has 0 aliphatic carbocycles. The van der Waals surface area contributed by atoms with Crippen molar-refractivity contribution in [2.24, 2.45) is 7.05 Å². The molecule has 0 spiro atoms. The highest BCUT2D eigenvalue weighted by Crippen LogP contribution is 2.33. The van der Waals surface area contributed by atoms with Crippen LogP contribution in [0, 0.1) is 5.82 Å². The van der Waals surface area contributed by atoms with Crippen LogP contribution in [0.5, 0.6) is 5.75 Å². The Morgan fingerprint density at radius 2 is 1.54 bits per heavy atom. The second-order valence-electron chi connectivity index (χ2n) is 7.58. The second-order valence-corrected chi connectivity index (χ2v) is 7.58. The Balaban J connectivity index is 1.85. The Morgan fingerprint density at radius 3 is 2.11 bits per heavy atom. The number of alkyl halides is 6. The molecule has 0 saturated carbocycles. The molecule has 12 heteroatoms. The zero-order valence-corrected chi connectivity index (χ0v) is 17.9. The van der Waals surface area contributed by atoms with Crippen LogP contribution in [0.1, 0.15) is 27.0 Å². The van der Waals surface area contributed by atoms with Gasteiger partial charge < -0.3 is 15.0 Å². The fourth-order valence-corrected chi connectivity index (χ4v) is 3.31. The molecule has 0 aliphatic rings. The lowest BCUT2D eigenvalue weighted by Gasteiger charge is -2.15. The van der Waals surface area contributed by atoms with Crippen molar-refractivity contribution in [2.75, 3.05) is 6.54 Å². The normalized spacial score (nSPS) is 12.0. The highest BCUT2D eigenvalue weighted by molar-refractivity contribution is 5.97. The van der Waals surface area contributed by atoms with Gasteiger partial charge in [-0.25, -0.2) is 4.39 Å². The molecule has 0 aliphatic heterocycles. The molecule has 0 unspecified atom stereocenters. The lowest BCUT2D eigenvalue weighted by atomic mass is 10.0. The van der Waals surface area contributed by atoms with Crippen molar-refractivity contribution < 1.29 is 40.6 Å². The molecule has 1 amide bonds. The number of hydrogen-bond donors (Lipinski definition) is 2. The van der Waals surface area contributed by atoms with E-state index in [0.717, 1.165) is 35.9 Å². The van der Waals surface area contributed by atoms with Crippen LogP contribution in [0.3, 0.4) is 0 Å². The molecule has 0 bridgehead atoms. The maximum Gasteiger partial charge on any atom is 0.416 e. The summed E-state index contributed by atoms with van der Waals surface area (Å²) < 4.78 is 91.8. The highest BCUT2D eigenvalue weighted by atomic mass is 19.4. The summed E-state index contributed by atoms with van der Waals surface area (Å²) in [5, 5.41) is 12.5. The van der Waals surface area contributed by atoms with Gasteiger partial charge in [-0.15, -0.1) is 0 Å². The number of hydrogen-bond acceptors (Lipinski definition) is 3. The average Bonchev–Trinajstić information content (AvgIpc) is 2.76. The number of nitrogens with one attached hydrogen (secondary N) is 1. The Bertz CT molecular complexity index is 1310. The fourth-order valence-electron chi connectivity index (χ4n) is 3.31. The number of nitrogens with zero attached hydrogens (tertiary/aromatic N) is 1. The third-order valence-electron chi connectivity index (χ3n) is 5.15. The Labute approximate surface area is 193 Å². The van der Waals surface area contributed by atoms with Gasteiger partial charge in [-0.2, -0.15) is 26.3 Å². The molecule has 0 saturated heterocycles. The molecule has 186 valence electrons. The van der Waals surface area contributed by atoms with E-state index in [-0.39, 0.29) is 30.3 Å². The van der Waals surface area contributed by atoms with E-state index < -0.39 is 52.1 Å². The van der Waals surface area contributed by atoms with Gasteiger partial charge in [0.25, 0.3) is 11.5 Å². The van der Waals surface area contributed by atoms with Crippen LogP contribution in [0.2, 0.25) is 0 Å². The minimum Gasteiger partial charge on any atom is -0.502 e. The predicted octanol–water partition coefficient (Wildman–Crippen LogP) is 4.91. The third kappa shape index (κ3) is 5.81. The molecule has 5 nitrogen and oxygen atoms in total. The minimum absolute atomic E-state index is 0.0909. The first-order valence-electron chi connectivity index (χ1n) is 9.94. The molecule has 3 rings (SSSR count). The van der Waals surface area contributed by atoms with Crippen LogP contribution in [0.15, 0.2) is 53.3 Å². The van der Waals surface area contributed by atoms with Crippen LogP contribution < -0.4 is 10.9 Å². The van der Waals surface area contributed by atoms with Gasteiger partial charge in [0.05, 0.1) is 22.4 Å². The number of carbonyl (C=O) groups excluding carboxylic acids is 1. The molecular weight excluding hydrogens is 485 g/mol. The number of aromatic nitrogens is 1. The minimum atomic E-state index is -4.87. The molecular formula is C23H17F7N2O3. The van der Waals surface area contributed by atoms with Crippen molar-refractivity contribution in [3.63, 3.8) is 0 Å². The molecule has 0 atom stereocenters. The summed E-state index contributed by atoms with van der Waals surface area (Å²) in [6.45, 7) is -0.0909. The van der Waals surface area contributed by atoms with Crippen LogP contribution >= 0.6 is 0 Å². The molecule has 35 heavy (non-hydrogen) atoms. The number of amides is 1. The van der Waals surface area contributed by atoms with E-state index in [0.29, 0.717) is 11.6 Å².